The van der Waals surface area contributed by atoms with Crippen molar-refractivity contribution in [3.8, 4) is 11.5 Å². The third-order valence-electron chi connectivity index (χ3n) is 5.41. The Kier molecular flexibility index (Phi) is 4.82. The maximum atomic E-state index is 12.5. The Hall–Kier alpha value is -2.50. The highest BCUT2D eigenvalue weighted by Crippen LogP contribution is 2.34. The second-order valence-electron chi connectivity index (χ2n) is 7.18. The van der Waals surface area contributed by atoms with Gasteiger partial charge in [-0.15, -0.1) is 0 Å². The van der Waals surface area contributed by atoms with Crippen LogP contribution in [0, 0.1) is 11.8 Å². The van der Waals surface area contributed by atoms with Gasteiger partial charge in [0.05, 0.1) is 0 Å². The van der Waals surface area contributed by atoms with Crippen LogP contribution in [0.1, 0.15) is 32.1 Å². The fourth-order valence-corrected chi connectivity index (χ4v) is 3.83. The zero-order chi connectivity index (χ0) is 17.9. The number of likely N-dealkylation sites (tertiary alicyclic amines) is 1. The van der Waals surface area contributed by atoms with E-state index in [1.165, 1.54) is 0 Å². The van der Waals surface area contributed by atoms with Gasteiger partial charge in [-0.3, -0.25) is 9.59 Å². The Bertz CT molecular complexity index is 723. The molecule has 2 amide bonds. The quantitative estimate of drug-likeness (QED) is 0.842. The summed E-state index contributed by atoms with van der Waals surface area (Å²) in [7, 11) is 0. The van der Waals surface area contributed by atoms with Crippen LogP contribution in [0.15, 0.2) is 30.4 Å². The van der Waals surface area contributed by atoms with E-state index in [1.807, 2.05) is 11.0 Å². The lowest BCUT2D eigenvalue weighted by molar-refractivity contribution is -0.135. The number of benzene rings is 1. The van der Waals surface area contributed by atoms with Crippen molar-refractivity contribution in [2.75, 3.05) is 25.2 Å². The van der Waals surface area contributed by atoms with Gasteiger partial charge in [-0.25, -0.2) is 0 Å². The number of nitrogens with one attached hydrogen (secondary N) is 1. The van der Waals surface area contributed by atoms with Gasteiger partial charge < -0.3 is 19.7 Å². The van der Waals surface area contributed by atoms with E-state index in [0.29, 0.717) is 55.5 Å². The molecule has 0 bridgehead atoms. The summed E-state index contributed by atoms with van der Waals surface area (Å²) < 4.78 is 10.6. The molecule has 1 atom stereocenters. The Labute approximate surface area is 153 Å². The molecule has 0 spiro atoms. The first-order valence-electron chi connectivity index (χ1n) is 9.34. The molecule has 26 heavy (non-hydrogen) atoms. The van der Waals surface area contributed by atoms with Gasteiger partial charge in [0, 0.05) is 37.2 Å². The van der Waals surface area contributed by atoms with Crippen molar-refractivity contribution in [2.45, 2.75) is 32.1 Å². The maximum absolute atomic E-state index is 12.5. The highest BCUT2D eigenvalue weighted by Gasteiger charge is 2.28. The summed E-state index contributed by atoms with van der Waals surface area (Å²) >= 11 is 0. The molecular formula is C20H24N2O4. The number of ether oxygens (including phenoxy) is 2. The first kappa shape index (κ1) is 16.9. The van der Waals surface area contributed by atoms with Gasteiger partial charge in [0.2, 0.25) is 18.6 Å². The highest BCUT2D eigenvalue weighted by atomic mass is 16.7. The summed E-state index contributed by atoms with van der Waals surface area (Å²) in [5, 5.41) is 2.96. The van der Waals surface area contributed by atoms with Gasteiger partial charge >= 0.3 is 0 Å². The lowest BCUT2D eigenvalue weighted by Crippen LogP contribution is -2.41. The van der Waals surface area contributed by atoms with E-state index in [1.54, 1.807) is 12.1 Å². The first-order valence-corrected chi connectivity index (χ1v) is 9.34. The second-order valence-corrected chi connectivity index (χ2v) is 7.18. The predicted molar refractivity (Wildman–Crippen MR) is 97.0 cm³/mol. The normalized spacial score (nSPS) is 21.8. The molecule has 3 aliphatic rings. The highest BCUT2D eigenvalue weighted by molar-refractivity contribution is 5.93. The van der Waals surface area contributed by atoms with Crippen molar-refractivity contribution >= 4 is 17.5 Å². The molecule has 0 saturated carbocycles. The largest absolute Gasteiger partial charge is 0.454 e. The number of carbonyl (C=O) groups excluding carboxylic acids is 2. The molecule has 1 aromatic carbocycles. The van der Waals surface area contributed by atoms with Gasteiger partial charge in [0.25, 0.3) is 0 Å². The summed E-state index contributed by atoms with van der Waals surface area (Å²) in [6.07, 6.45) is 8.50. The van der Waals surface area contributed by atoms with Crippen molar-refractivity contribution in [1.29, 1.82) is 0 Å². The van der Waals surface area contributed by atoms with Crippen LogP contribution >= 0.6 is 0 Å². The van der Waals surface area contributed by atoms with E-state index in [2.05, 4.69) is 17.5 Å². The fraction of sp³-hybridized carbons (Fsp3) is 0.500. The fourth-order valence-electron chi connectivity index (χ4n) is 3.83. The van der Waals surface area contributed by atoms with Crippen molar-refractivity contribution in [1.82, 2.24) is 4.90 Å². The number of fused-ring (bicyclic) bond motifs is 1. The van der Waals surface area contributed by atoms with E-state index in [0.717, 1.165) is 12.8 Å². The van der Waals surface area contributed by atoms with Crippen LogP contribution < -0.4 is 14.8 Å². The van der Waals surface area contributed by atoms with Gasteiger partial charge in [0.1, 0.15) is 0 Å². The van der Waals surface area contributed by atoms with Gasteiger partial charge in [-0.2, -0.15) is 0 Å². The standard InChI is InChI=1S/C20H24N2O4/c23-19(11-14-3-1-2-4-14)22-9-7-15(8-10-22)20(24)21-16-5-6-17-18(12-16)26-13-25-17/h1,3,5-6,12,14-15H,2,4,7-11,13H2,(H,21,24)/t14-/m0/s1. The monoisotopic (exact) mass is 356 g/mol. The Morgan fingerprint density at radius 1 is 1.12 bits per heavy atom. The average molecular weight is 356 g/mol. The first-order chi connectivity index (χ1) is 12.7. The molecule has 6 heteroatoms. The Morgan fingerprint density at radius 3 is 2.69 bits per heavy atom. The minimum atomic E-state index is -0.0594. The van der Waals surface area contributed by atoms with E-state index in [4.69, 9.17) is 9.47 Å². The molecule has 1 N–H and O–H groups in total. The van der Waals surface area contributed by atoms with Gasteiger partial charge in [0.15, 0.2) is 11.5 Å². The summed E-state index contributed by atoms with van der Waals surface area (Å²) in [6.45, 7) is 1.54. The SMILES string of the molecule is O=C(Nc1ccc2c(c1)OCO2)C1CCN(C(=O)C[C@H]2C=CCC2)CC1. The molecule has 1 saturated heterocycles. The van der Waals surface area contributed by atoms with Crippen molar-refractivity contribution in [3.63, 3.8) is 0 Å². The Morgan fingerprint density at radius 2 is 1.92 bits per heavy atom. The number of carbonyl (C=O) groups is 2. The van der Waals surface area contributed by atoms with Crippen LogP contribution in [0.25, 0.3) is 0 Å². The molecule has 0 radical (unpaired) electrons. The maximum Gasteiger partial charge on any atom is 0.231 e. The number of allylic oxidation sites excluding steroid dienone is 2. The summed E-state index contributed by atoms with van der Waals surface area (Å²) in [5.41, 5.74) is 0.714. The predicted octanol–water partition coefficient (Wildman–Crippen LogP) is 2.95. The van der Waals surface area contributed by atoms with Crippen molar-refractivity contribution in [3.05, 3.63) is 30.4 Å². The number of nitrogens with zero attached hydrogens (tertiary/aromatic N) is 1. The van der Waals surface area contributed by atoms with E-state index >= 15 is 0 Å². The molecule has 6 nitrogen and oxygen atoms in total. The van der Waals surface area contributed by atoms with Crippen molar-refractivity contribution < 1.29 is 19.1 Å². The smallest absolute Gasteiger partial charge is 0.231 e. The zero-order valence-corrected chi connectivity index (χ0v) is 14.8. The van der Waals surface area contributed by atoms with Crippen molar-refractivity contribution in [2.24, 2.45) is 11.8 Å². The van der Waals surface area contributed by atoms with E-state index in [-0.39, 0.29) is 24.5 Å². The summed E-state index contributed by atoms with van der Waals surface area (Å²) in [5.74, 6) is 1.92. The molecule has 4 rings (SSSR count). The molecule has 2 aliphatic heterocycles. The Balaban J connectivity index is 1.26. The van der Waals surface area contributed by atoms with Crippen LogP contribution in [0.4, 0.5) is 5.69 Å². The van der Waals surface area contributed by atoms with E-state index in [9.17, 15) is 9.59 Å². The molecule has 1 aliphatic carbocycles. The number of hydrogen-bond donors (Lipinski definition) is 1. The summed E-state index contributed by atoms with van der Waals surface area (Å²) in [6, 6.07) is 5.41. The van der Waals surface area contributed by atoms with Crippen LogP contribution in [0.3, 0.4) is 0 Å². The number of amides is 2. The molecule has 0 aromatic heterocycles. The lowest BCUT2D eigenvalue weighted by Gasteiger charge is -2.32. The second kappa shape index (κ2) is 7.40. The van der Waals surface area contributed by atoms with Crippen LogP contribution in [0.2, 0.25) is 0 Å². The number of rotatable bonds is 4. The van der Waals surface area contributed by atoms with Crippen LogP contribution in [-0.2, 0) is 9.59 Å². The topological polar surface area (TPSA) is 67.9 Å². The number of hydrogen-bond acceptors (Lipinski definition) is 4. The molecule has 138 valence electrons. The lowest BCUT2D eigenvalue weighted by atomic mass is 9.94. The third-order valence-corrected chi connectivity index (χ3v) is 5.41. The van der Waals surface area contributed by atoms with Gasteiger partial charge in [-0.1, -0.05) is 12.2 Å². The molecule has 1 fully saturated rings. The summed E-state index contributed by atoms with van der Waals surface area (Å²) in [4.78, 5) is 26.8. The van der Waals surface area contributed by atoms with Gasteiger partial charge in [-0.05, 0) is 43.7 Å². The average Bonchev–Trinajstić information content (AvgIpc) is 3.33. The minimum absolute atomic E-state index is 0.00897. The molecule has 2 heterocycles. The molecule has 1 aromatic rings. The number of anilines is 1. The third kappa shape index (κ3) is 3.69. The zero-order valence-electron chi connectivity index (χ0n) is 14.8. The number of piperidine rings is 1. The van der Waals surface area contributed by atoms with E-state index < -0.39 is 0 Å². The van der Waals surface area contributed by atoms with Crippen LogP contribution in [0.5, 0.6) is 11.5 Å². The molecular weight excluding hydrogens is 332 g/mol. The molecule has 0 unspecified atom stereocenters. The van der Waals surface area contributed by atoms with Crippen LogP contribution in [-0.4, -0.2) is 36.6 Å². The minimum Gasteiger partial charge on any atom is -0.454 e.